The Kier molecular flexibility index (Phi) is 2.45. The molecule has 2 aliphatic rings. The van der Waals surface area contributed by atoms with Crippen molar-refractivity contribution in [1.82, 2.24) is 0 Å². The minimum absolute atomic E-state index is 0.0562. The summed E-state index contributed by atoms with van der Waals surface area (Å²) in [4.78, 5) is 12.3. The third-order valence-electron chi connectivity index (χ3n) is 5.88. The molecule has 0 amide bonds. The zero-order chi connectivity index (χ0) is 13.7. The Hall–Kier alpha value is -1.55. The molecule has 2 saturated carbocycles. The normalized spacial score (nSPS) is 40.1. The molecule has 0 spiro atoms. The average molecular weight is 252 g/mol. The topological polar surface area (TPSA) is 17.1 Å². The fraction of sp³-hybridized carbons (Fsp3) is 0.500. The maximum absolute atomic E-state index is 12.3. The van der Waals surface area contributed by atoms with E-state index in [1.54, 1.807) is 0 Å². The van der Waals surface area contributed by atoms with Gasteiger partial charge >= 0.3 is 0 Å². The summed E-state index contributed by atoms with van der Waals surface area (Å²) in [6.45, 7) is 6.55. The van der Waals surface area contributed by atoms with E-state index in [0.29, 0.717) is 12.2 Å². The molecule has 0 aliphatic heterocycles. The van der Waals surface area contributed by atoms with Gasteiger partial charge in [-0.05, 0) is 37.3 Å². The van der Waals surface area contributed by atoms with Gasteiger partial charge in [-0.1, -0.05) is 43.9 Å². The molecule has 19 heavy (non-hydrogen) atoms. The van der Waals surface area contributed by atoms with E-state index in [4.69, 9.17) is 0 Å². The Morgan fingerprint density at radius 3 is 2.26 bits per heavy atom. The second kappa shape index (κ2) is 3.73. The lowest BCUT2D eigenvalue weighted by Crippen LogP contribution is -2.36. The predicted octanol–water partition coefficient (Wildman–Crippen LogP) is 3.82. The van der Waals surface area contributed by atoms with E-state index >= 15 is 0 Å². The smallest absolute Gasteiger partial charge is 0.140 e. The van der Waals surface area contributed by atoms with E-state index in [-0.39, 0.29) is 16.2 Å². The first-order chi connectivity index (χ1) is 8.91. The van der Waals surface area contributed by atoms with Crippen molar-refractivity contribution in [2.24, 2.45) is 16.2 Å². The molecule has 3 atom stereocenters. The van der Waals surface area contributed by atoms with Crippen molar-refractivity contribution >= 4 is 5.78 Å². The lowest BCUT2D eigenvalue weighted by atomic mass is 9.65. The van der Waals surface area contributed by atoms with Gasteiger partial charge in [0.15, 0.2) is 0 Å². The molecular formula is C18H20O. The number of rotatable bonds is 0. The highest BCUT2D eigenvalue weighted by Gasteiger charge is 2.69. The summed E-state index contributed by atoms with van der Waals surface area (Å²) in [6.07, 6.45) is 2.81. The van der Waals surface area contributed by atoms with Gasteiger partial charge in [0.25, 0.3) is 0 Å². The largest absolute Gasteiger partial charge is 0.299 e. The van der Waals surface area contributed by atoms with Gasteiger partial charge in [0.05, 0.1) is 0 Å². The van der Waals surface area contributed by atoms with Crippen LogP contribution >= 0.6 is 0 Å². The standard InChI is InChI=1S/C18H20O/c1-16-11-12-17(2,15(19)13-16)18(16,3)10-9-14-7-5-4-6-8-14/h4-8H,11-13H2,1-3H3. The van der Waals surface area contributed by atoms with Crippen molar-refractivity contribution < 1.29 is 4.79 Å². The molecule has 1 heteroatoms. The molecule has 1 nitrogen and oxygen atoms in total. The van der Waals surface area contributed by atoms with Crippen LogP contribution in [0.25, 0.3) is 0 Å². The molecular weight excluding hydrogens is 232 g/mol. The number of hydrogen-bond donors (Lipinski definition) is 0. The number of benzene rings is 1. The van der Waals surface area contributed by atoms with Crippen LogP contribution in [0, 0.1) is 28.1 Å². The SMILES string of the molecule is CC12CCC(C)(C(=O)C1)C2(C)C#Cc1ccccc1. The van der Waals surface area contributed by atoms with E-state index in [1.165, 1.54) is 0 Å². The lowest BCUT2D eigenvalue weighted by molar-refractivity contribution is -0.127. The number of ketones is 1. The molecule has 98 valence electrons. The van der Waals surface area contributed by atoms with E-state index < -0.39 is 0 Å². The van der Waals surface area contributed by atoms with Crippen molar-refractivity contribution in [2.45, 2.75) is 40.0 Å². The summed E-state index contributed by atoms with van der Waals surface area (Å²) >= 11 is 0. The maximum atomic E-state index is 12.3. The van der Waals surface area contributed by atoms with Gasteiger partial charge in [0.2, 0.25) is 0 Å². The zero-order valence-electron chi connectivity index (χ0n) is 11.9. The van der Waals surface area contributed by atoms with Crippen molar-refractivity contribution in [1.29, 1.82) is 0 Å². The van der Waals surface area contributed by atoms with Gasteiger partial charge in [-0.15, -0.1) is 0 Å². The zero-order valence-corrected chi connectivity index (χ0v) is 11.9. The van der Waals surface area contributed by atoms with Gasteiger partial charge in [0.1, 0.15) is 5.78 Å². The Morgan fingerprint density at radius 1 is 1.05 bits per heavy atom. The molecule has 1 aromatic carbocycles. The van der Waals surface area contributed by atoms with Crippen LogP contribution in [0.2, 0.25) is 0 Å². The van der Waals surface area contributed by atoms with E-state index in [9.17, 15) is 4.79 Å². The highest BCUT2D eigenvalue weighted by molar-refractivity contribution is 5.91. The van der Waals surface area contributed by atoms with Crippen LogP contribution in [0.1, 0.15) is 45.6 Å². The van der Waals surface area contributed by atoms with Crippen LogP contribution in [0.4, 0.5) is 0 Å². The number of carbonyl (C=O) groups is 1. The quantitative estimate of drug-likeness (QED) is 0.641. The van der Waals surface area contributed by atoms with Gasteiger partial charge in [0, 0.05) is 22.8 Å². The summed E-state index contributed by atoms with van der Waals surface area (Å²) in [5.41, 5.74) is 0.659. The van der Waals surface area contributed by atoms with E-state index in [1.807, 2.05) is 30.3 Å². The third-order valence-corrected chi connectivity index (χ3v) is 5.88. The molecule has 3 rings (SSSR count). The lowest BCUT2D eigenvalue weighted by Gasteiger charge is -2.36. The van der Waals surface area contributed by atoms with Crippen LogP contribution < -0.4 is 0 Å². The minimum Gasteiger partial charge on any atom is -0.299 e. The number of hydrogen-bond acceptors (Lipinski definition) is 1. The number of carbonyl (C=O) groups excluding carboxylic acids is 1. The van der Waals surface area contributed by atoms with Crippen LogP contribution in [-0.4, -0.2) is 5.78 Å². The van der Waals surface area contributed by atoms with Crippen molar-refractivity contribution in [2.75, 3.05) is 0 Å². The molecule has 1 aromatic rings. The van der Waals surface area contributed by atoms with Crippen LogP contribution in [-0.2, 0) is 4.79 Å². The number of fused-ring (bicyclic) bond motifs is 2. The van der Waals surface area contributed by atoms with Gasteiger partial charge in [-0.2, -0.15) is 0 Å². The Morgan fingerprint density at radius 2 is 1.74 bits per heavy atom. The molecule has 0 heterocycles. The molecule has 2 aliphatic carbocycles. The van der Waals surface area contributed by atoms with Gasteiger partial charge in [-0.3, -0.25) is 4.79 Å². The summed E-state index contributed by atoms with van der Waals surface area (Å²) in [5, 5.41) is 0. The number of Topliss-reactive ketones (excluding diaryl/α,β-unsaturated/α-hetero) is 1. The first-order valence-corrected chi connectivity index (χ1v) is 7.03. The molecule has 0 saturated heterocycles. The van der Waals surface area contributed by atoms with Crippen molar-refractivity contribution in [3.63, 3.8) is 0 Å². The van der Waals surface area contributed by atoms with Gasteiger partial charge in [-0.25, -0.2) is 0 Å². The average Bonchev–Trinajstić information content (AvgIpc) is 2.68. The summed E-state index contributed by atoms with van der Waals surface area (Å²) in [6, 6.07) is 10.1. The molecule has 0 N–H and O–H groups in total. The predicted molar refractivity (Wildman–Crippen MR) is 76.5 cm³/mol. The third kappa shape index (κ3) is 1.46. The maximum Gasteiger partial charge on any atom is 0.140 e. The van der Waals surface area contributed by atoms with Crippen LogP contribution in [0.5, 0.6) is 0 Å². The fourth-order valence-corrected chi connectivity index (χ4v) is 3.93. The second-order valence-electron chi connectivity index (χ2n) is 6.73. The Labute approximate surface area is 115 Å². The van der Waals surface area contributed by atoms with Crippen molar-refractivity contribution in [3.8, 4) is 11.8 Å². The highest BCUT2D eigenvalue weighted by atomic mass is 16.1. The fourth-order valence-electron chi connectivity index (χ4n) is 3.93. The molecule has 0 radical (unpaired) electrons. The van der Waals surface area contributed by atoms with Crippen LogP contribution in [0.15, 0.2) is 30.3 Å². The van der Waals surface area contributed by atoms with Gasteiger partial charge < -0.3 is 0 Å². The molecule has 0 aromatic heterocycles. The van der Waals surface area contributed by atoms with E-state index in [0.717, 1.165) is 18.4 Å². The monoisotopic (exact) mass is 252 g/mol. The molecule has 2 fully saturated rings. The Balaban J connectivity index is 2.05. The Bertz CT molecular complexity index is 591. The summed E-state index contributed by atoms with van der Waals surface area (Å²) in [7, 11) is 0. The van der Waals surface area contributed by atoms with Crippen molar-refractivity contribution in [3.05, 3.63) is 35.9 Å². The molecule has 2 bridgehead atoms. The first-order valence-electron chi connectivity index (χ1n) is 7.03. The first kappa shape index (κ1) is 12.5. The summed E-state index contributed by atoms with van der Waals surface area (Å²) in [5.74, 6) is 7.18. The summed E-state index contributed by atoms with van der Waals surface area (Å²) < 4.78 is 0. The second-order valence-corrected chi connectivity index (χ2v) is 6.73. The highest BCUT2D eigenvalue weighted by Crippen LogP contribution is 2.70. The van der Waals surface area contributed by atoms with Crippen LogP contribution in [0.3, 0.4) is 0 Å². The minimum atomic E-state index is -0.246. The van der Waals surface area contributed by atoms with E-state index in [2.05, 4.69) is 32.6 Å². The molecule has 3 unspecified atom stereocenters.